The molecule has 0 aliphatic rings. The van der Waals surface area contributed by atoms with Crippen molar-refractivity contribution in [1.82, 2.24) is 20.4 Å². The lowest BCUT2D eigenvalue weighted by Gasteiger charge is -2.13. The molecule has 1 aromatic heterocycles. The second-order valence-electron chi connectivity index (χ2n) is 6.72. The number of guanidine groups is 1. The molecule has 0 saturated carbocycles. The molecule has 0 fully saturated rings. The molecule has 2 N–H and O–H groups in total. The van der Waals surface area contributed by atoms with E-state index in [0.29, 0.717) is 18.0 Å². The lowest BCUT2D eigenvalue weighted by atomic mass is 10.1. The number of aryl methyl sites for hydroxylation is 2. The molecule has 7 nitrogen and oxygen atoms in total. The van der Waals surface area contributed by atoms with E-state index >= 15 is 0 Å². The van der Waals surface area contributed by atoms with Crippen LogP contribution in [0.3, 0.4) is 0 Å². The zero-order chi connectivity index (χ0) is 20.7. The van der Waals surface area contributed by atoms with Crippen molar-refractivity contribution in [2.24, 2.45) is 12.0 Å². The van der Waals surface area contributed by atoms with Crippen LogP contribution in [0.25, 0.3) is 0 Å². The third kappa shape index (κ3) is 5.58. The summed E-state index contributed by atoms with van der Waals surface area (Å²) in [6.07, 6.45) is 3.84. The van der Waals surface area contributed by atoms with Crippen LogP contribution >= 0.6 is 0 Å². The molecule has 0 spiro atoms. The summed E-state index contributed by atoms with van der Waals surface area (Å²) in [5, 5.41) is 11.3. The summed E-state index contributed by atoms with van der Waals surface area (Å²) in [5.74, 6) is 0.737. The average molecular weight is 406 g/mol. The second kappa shape index (κ2) is 9.73. The number of aromatic nitrogens is 2. The van der Waals surface area contributed by atoms with E-state index in [1.165, 1.54) is 17.5 Å². The first-order valence-electron chi connectivity index (χ1n) is 9.57. The lowest BCUT2D eigenvalue weighted by Crippen LogP contribution is -2.38. The molecule has 0 unspecified atom stereocenters. The van der Waals surface area contributed by atoms with E-state index in [0.717, 1.165) is 36.5 Å². The van der Waals surface area contributed by atoms with Crippen molar-refractivity contribution in [2.75, 3.05) is 19.8 Å². The van der Waals surface area contributed by atoms with Gasteiger partial charge in [-0.3, -0.25) is 9.67 Å². The van der Waals surface area contributed by atoms with E-state index in [1.807, 2.05) is 23.9 Å². The molecule has 0 bridgehead atoms. The molecule has 0 amide bonds. The topological polar surface area (TPSA) is 88.4 Å². The fraction of sp³-hybridized carbons (Fsp3) is 0.500. The Morgan fingerprint density at radius 1 is 1.14 bits per heavy atom. The number of hydrogen-bond donors (Lipinski definition) is 2. The van der Waals surface area contributed by atoms with Crippen molar-refractivity contribution in [3.8, 4) is 0 Å². The lowest BCUT2D eigenvalue weighted by molar-refractivity contribution is 0.602. The Hall–Kier alpha value is -2.35. The smallest absolute Gasteiger partial charge is 0.191 e. The molecule has 1 aromatic carbocycles. The van der Waals surface area contributed by atoms with Crippen molar-refractivity contribution in [1.29, 1.82) is 0 Å². The summed E-state index contributed by atoms with van der Waals surface area (Å²) in [7, 11) is 0.588. The van der Waals surface area contributed by atoms with Gasteiger partial charge in [0.1, 0.15) is 0 Å². The molecule has 0 aliphatic carbocycles. The van der Waals surface area contributed by atoms with Crippen molar-refractivity contribution in [3.63, 3.8) is 0 Å². The van der Waals surface area contributed by atoms with Crippen molar-refractivity contribution < 1.29 is 8.42 Å². The minimum Gasteiger partial charge on any atom is -0.356 e. The van der Waals surface area contributed by atoms with Gasteiger partial charge in [-0.2, -0.15) is 5.10 Å². The first-order chi connectivity index (χ1) is 13.3. The number of hydrogen-bond acceptors (Lipinski definition) is 4. The van der Waals surface area contributed by atoms with Crippen LogP contribution in [0, 0.1) is 0 Å². The van der Waals surface area contributed by atoms with Gasteiger partial charge >= 0.3 is 0 Å². The van der Waals surface area contributed by atoms with Gasteiger partial charge in [0.25, 0.3) is 0 Å². The molecule has 154 valence electrons. The fourth-order valence-corrected chi connectivity index (χ4v) is 3.85. The average Bonchev–Trinajstić information content (AvgIpc) is 2.98. The zero-order valence-electron chi connectivity index (χ0n) is 17.4. The SMILES string of the molecule is CCc1nn(C)c(CC)c1CNC(=NC)NCCc1ccc(S(C)(=O)=O)cc1. The number of aliphatic imine (C=N–C) groups is 1. The Morgan fingerprint density at radius 3 is 2.36 bits per heavy atom. The fourth-order valence-electron chi connectivity index (χ4n) is 3.22. The molecule has 8 heteroatoms. The summed E-state index contributed by atoms with van der Waals surface area (Å²) < 4.78 is 25.0. The predicted octanol–water partition coefficient (Wildman–Crippen LogP) is 1.86. The molecule has 2 rings (SSSR count). The van der Waals surface area contributed by atoms with Crippen LogP contribution in [0.2, 0.25) is 0 Å². The molecule has 0 saturated heterocycles. The molecule has 1 heterocycles. The maximum Gasteiger partial charge on any atom is 0.191 e. The van der Waals surface area contributed by atoms with Crippen LogP contribution in [0.15, 0.2) is 34.2 Å². The maximum atomic E-state index is 11.5. The van der Waals surface area contributed by atoms with Crippen LogP contribution in [0.4, 0.5) is 0 Å². The first-order valence-corrected chi connectivity index (χ1v) is 11.5. The van der Waals surface area contributed by atoms with Gasteiger partial charge in [-0.1, -0.05) is 26.0 Å². The first kappa shape index (κ1) is 21.9. The van der Waals surface area contributed by atoms with Crippen LogP contribution in [-0.4, -0.2) is 44.0 Å². The van der Waals surface area contributed by atoms with Gasteiger partial charge in [0.15, 0.2) is 15.8 Å². The highest BCUT2D eigenvalue weighted by atomic mass is 32.2. The van der Waals surface area contributed by atoms with E-state index in [2.05, 4.69) is 34.6 Å². The third-order valence-corrected chi connectivity index (χ3v) is 5.87. The van der Waals surface area contributed by atoms with Crippen LogP contribution in [0.5, 0.6) is 0 Å². The van der Waals surface area contributed by atoms with Gasteiger partial charge in [-0.25, -0.2) is 8.42 Å². The Bertz CT molecular complexity index is 915. The molecule has 0 aliphatic heterocycles. The van der Waals surface area contributed by atoms with E-state index < -0.39 is 9.84 Å². The van der Waals surface area contributed by atoms with Crippen LogP contribution in [0.1, 0.15) is 36.4 Å². The van der Waals surface area contributed by atoms with Gasteiger partial charge < -0.3 is 10.6 Å². The Labute approximate surface area is 168 Å². The summed E-state index contributed by atoms with van der Waals surface area (Å²) in [4.78, 5) is 4.63. The number of sulfone groups is 1. The van der Waals surface area contributed by atoms with Gasteiger partial charge in [-0.05, 0) is 37.0 Å². The minimum atomic E-state index is -3.15. The Morgan fingerprint density at radius 2 is 1.82 bits per heavy atom. The molecule has 28 heavy (non-hydrogen) atoms. The van der Waals surface area contributed by atoms with Crippen LogP contribution < -0.4 is 10.6 Å². The van der Waals surface area contributed by atoms with Gasteiger partial charge in [-0.15, -0.1) is 0 Å². The van der Waals surface area contributed by atoms with Crippen molar-refractivity contribution in [2.45, 2.75) is 44.6 Å². The summed E-state index contributed by atoms with van der Waals surface area (Å²) >= 11 is 0. The minimum absolute atomic E-state index is 0.344. The standard InChI is InChI=1S/C20H31N5O2S/c1-6-18-17(19(7-2)25(4)24-18)14-23-20(21-3)22-13-12-15-8-10-16(11-9-15)28(5,26)27/h8-11H,6-7,12-14H2,1-5H3,(H2,21,22,23). The molecule has 0 radical (unpaired) electrons. The van der Waals surface area contributed by atoms with Crippen LogP contribution in [-0.2, 0) is 42.7 Å². The second-order valence-corrected chi connectivity index (χ2v) is 8.74. The molecule has 2 aromatic rings. The molecule has 0 atom stereocenters. The Kier molecular flexibility index (Phi) is 7.62. The number of rotatable bonds is 8. The highest BCUT2D eigenvalue weighted by Gasteiger charge is 2.13. The van der Waals surface area contributed by atoms with Crippen molar-refractivity contribution in [3.05, 3.63) is 46.8 Å². The summed E-state index contributed by atoms with van der Waals surface area (Å²) in [6.45, 7) is 5.64. The number of nitrogens with one attached hydrogen (secondary N) is 2. The number of benzene rings is 1. The third-order valence-electron chi connectivity index (χ3n) is 4.74. The normalized spacial score (nSPS) is 12.2. The monoisotopic (exact) mass is 405 g/mol. The highest BCUT2D eigenvalue weighted by molar-refractivity contribution is 7.90. The Balaban J connectivity index is 1.90. The largest absolute Gasteiger partial charge is 0.356 e. The number of nitrogens with zero attached hydrogens (tertiary/aromatic N) is 3. The molecular formula is C20H31N5O2S. The van der Waals surface area contributed by atoms with Gasteiger partial charge in [0.05, 0.1) is 10.6 Å². The van der Waals surface area contributed by atoms with E-state index in [1.54, 1.807) is 19.2 Å². The maximum absolute atomic E-state index is 11.5. The summed E-state index contributed by atoms with van der Waals surface area (Å²) in [5.41, 5.74) is 4.68. The quantitative estimate of drug-likeness (QED) is 0.517. The van der Waals surface area contributed by atoms with Crippen molar-refractivity contribution >= 4 is 15.8 Å². The van der Waals surface area contributed by atoms with E-state index in [-0.39, 0.29) is 0 Å². The van der Waals surface area contributed by atoms with E-state index in [4.69, 9.17) is 0 Å². The zero-order valence-corrected chi connectivity index (χ0v) is 18.2. The summed E-state index contributed by atoms with van der Waals surface area (Å²) in [6, 6.07) is 7.01. The van der Waals surface area contributed by atoms with Gasteiger partial charge in [0, 0.05) is 44.7 Å². The molecular weight excluding hydrogens is 374 g/mol. The van der Waals surface area contributed by atoms with E-state index in [9.17, 15) is 8.42 Å². The van der Waals surface area contributed by atoms with Gasteiger partial charge in [0.2, 0.25) is 0 Å². The predicted molar refractivity (Wildman–Crippen MR) is 113 cm³/mol. The highest BCUT2D eigenvalue weighted by Crippen LogP contribution is 2.15.